The van der Waals surface area contributed by atoms with Gasteiger partial charge in [-0.05, 0) is 48.9 Å². The molecule has 0 radical (unpaired) electrons. The lowest BCUT2D eigenvalue weighted by molar-refractivity contribution is -0.116. The van der Waals surface area contributed by atoms with Crippen LogP contribution < -0.4 is 14.8 Å². The number of thiophene rings is 1. The summed E-state index contributed by atoms with van der Waals surface area (Å²) in [5.41, 5.74) is 1.20. The number of halogens is 1. The molecule has 1 N–H and O–H groups in total. The van der Waals surface area contributed by atoms with Gasteiger partial charge in [-0.25, -0.2) is 8.42 Å². The minimum Gasteiger partial charge on any atom is -0.493 e. The molecule has 1 atom stereocenters. The second kappa shape index (κ2) is 8.53. The number of amides is 1. The summed E-state index contributed by atoms with van der Waals surface area (Å²) >= 11 is 7.21. The average molecular weight is 478 g/mol. The summed E-state index contributed by atoms with van der Waals surface area (Å²) in [6.07, 6.45) is 0.214. The van der Waals surface area contributed by atoms with Crippen molar-refractivity contribution in [2.24, 2.45) is 0 Å². The molecule has 2 heterocycles. The fourth-order valence-corrected chi connectivity index (χ4v) is 6.62. The van der Waals surface area contributed by atoms with E-state index in [1.807, 2.05) is 19.1 Å². The van der Waals surface area contributed by atoms with Gasteiger partial charge in [-0.2, -0.15) is 0 Å². The number of hydrogen-bond acceptors (Lipinski definition) is 6. The van der Waals surface area contributed by atoms with Gasteiger partial charge in [0.2, 0.25) is 15.7 Å². The maximum Gasteiger partial charge on any atom is 0.225 e. The zero-order valence-electron chi connectivity index (χ0n) is 16.8. The van der Waals surface area contributed by atoms with Crippen LogP contribution in [-0.4, -0.2) is 28.0 Å². The third-order valence-electron chi connectivity index (χ3n) is 5.06. The number of ether oxygens (including phenoxy) is 2. The number of benzene rings is 2. The molecule has 1 amide bonds. The lowest BCUT2D eigenvalue weighted by Crippen LogP contribution is -2.23. The van der Waals surface area contributed by atoms with Crippen LogP contribution in [0.15, 0.2) is 57.6 Å². The van der Waals surface area contributed by atoms with E-state index in [4.69, 9.17) is 21.1 Å². The summed E-state index contributed by atoms with van der Waals surface area (Å²) in [7, 11) is -2.25. The van der Waals surface area contributed by atoms with E-state index in [-0.39, 0.29) is 28.0 Å². The maximum absolute atomic E-state index is 13.2. The monoisotopic (exact) mass is 477 g/mol. The molecule has 162 valence electrons. The van der Waals surface area contributed by atoms with E-state index in [0.29, 0.717) is 28.8 Å². The molecule has 6 nitrogen and oxygen atoms in total. The predicted octanol–water partition coefficient (Wildman–Crippen LogP) is 5.12. The van der Waals surface area contributed by atoms with Crippen LogP contribution in [0.1, 0.15) is 29.7 Å². The quantitative estimate of drug-likeness (QED) is 0.533. The number of rotatable bonds is 6. The van der Waals surface area contributed by atoms with Crippen LogP contribution in [0.25, 0.3) is 0 Å². The lowest BCUT2D eigenvalue weighted by atomic mass is 9.90. The smallest absolute Gasteiger partial charge is 0.225 e. The van der Waals surface area contributed by atoms with Crippen LogP contribution in [0.3, 0.4) is 0 Å². The van der Waals surface area contributed by atoms with E-state index in [2.05, 4.69) is 5.32 Å². The van der Waals surface area contributed by atoms with Crippen LogP contribution in [0, 0.1) is 0 Å². The number of carbonyl (C=O) groups is 1. The van der Waals surface area contributed by atoms with E-state index < -0.39 is 9.84 Å². The SMILES string of the molecule is CCOc1cc([C@H]2CC(=O)Nc3c(S(=O)(=O)c4ccc(Cl)cc4)csc32)ccc1OC. The molecule has 0 aliphatic carbocycles. The highest BCUT2D eigenvalue weighted by molar-refractivity contribution is 7.91. The first-order chi connectivity index (χ1) is 14.8. The minimum absolute atomic E-state index is 0.0893. The van der Waals surface area contributed by atoms with Crippen molar-refractivity contribution in [2.75, 3.05) is 19.0 Å². The van der Waals surface area contributed by atoms with Gasteiger partial charge >= 0.3 is 0 Å². The normalized spacial score (nSPS) is 15.8. The number of hydrogen-bond donors (Lipinski definition) is 1. The van der Waals surface area contributed by atoms with Crippen molar-refractivity contribution in [3.05, 3.63) is 63.3 Å². The second-order valence-electron chi connectivity index (χ2n) is 6.94. The fourth-order valence-electron chi connectivity index (χ4n) is 3.59. The first-order valence-electron chi connectivity index (χ1n) is 9.57. The highest BCUT2D eigenvalue weighted by Gasteiger charge is 2.34. The van der Waals surface area contributed by atoms with Gasteiger partial charge in [-0.15, -0.1) is 11.3 Å². The zero-order valence-corrected chi connectivity index (χ0v) is 19.2. The molecule has 3 aromatic rings. The Morgan fingerprint density at radius 2 is 1.90 bits per heavy atom. The van der Waals surface area contributed by atoms with Crippen molar-refractivity contribution in [2.45, 2.75) is 29.1 Å². The van der Waals surface area contributed by atoms with Gasteiger partial charge in [-0.3, -0.25) is 4.79 Å². The van der Waals surface area contributed by atoms with E-state index in [1.165, 1.54) is 35.6 Å². The Morgan fingerprint density at radius 1 is 1.16 bits per heavy atom. The Bertz CT molecular complexity index is 1240. The van der Waals surface area contributed by atoms with Gasteiger partial charge in [0.15, 0.2) is 11.5 Å². The fraction of sp³-hybridized carbons (Fsp3) is 0.227. The van der Waals surface area contributed by atoms with Gasteiger partial charge in [0.25, 0.3) is 0 Å². The largest absolute Gasteiger partial charge is 0.493 e. The molecule has 0 fully saturated rings. The first-order valence-corrected chi connectivity index (χ1v) is 12.3. The Kier molecular flexibility index (Phi) is 5.96. The molecule has 1 aliphatic rings. The van der Waals surface area contributed by atoms with Crippen LogP contribution in [-0.2, 0) is 14.6 Å². The average Bonchev–Trinajstić information content (AvgIpc) is 3.18. The highest BCUT2D eigenvalue weighted by atomic mass is 35.5. The maximum atomic E-state index is 13.2. The Balaban J connectivity index is 1.79. The summed E-state index contributed by atoms with van der Waals surface area (Å²) in [6, 6.07) is 11.5. The topological polar surface area (TPSA) is 81.7 Å². The van der Waals surface area contributed by atoms with Gasteiger partial charge in [0, 0.05) is 27.6 Å². The number of nitrogens with one attached hydrogen (secondary N) is 1. The molecule has 4 rings (SSSR count). The van der Waals surface area contributed by atoms with Gasteiger partial charge < -0.3 is 14.8 Å². The molecule has 9 heteroatoms. The molecule has 0 saturated heterocycles. The summed E-state index contributed by atoms with van der Waals surface area (Å²) in [5, 5.41) is 4.80. The molecule has 0 unspecified atom stereocenters. The Hall–Kier alpha value is -2.55. The number of methoxy groups -OCH3 is 1. The highest BCUT2D eigenvalue weighted by Crippen LogP contribution is 2.47. The van der Waals surface area contributed by atoms with E-state index in [9.17, 15) is 13.2 Å². The van der Waals surface area contributed by atoms with E-state index in [0.717, 1.165) is 10.4 Å². The van der Waals surface area contributed by atoms with Crippen molar-refractivity contribution in [1.82, 2.24) is 0 Å². The van der Waals surface area contributed by atoms with Crippen molar-refractivity contribution >= 4 is 44.4 Å². The van der Waals surface area contributed by atoms with Gasteiger partial charge in [0.05, 0.1) is 24.3 Å². The number of carbonyl (C=O) groups excluding carboxylic acids is 1. The molecule has 0 spiro atoms. The van der Waals surface area contributed by atoms with E-state index >= 15 is 0 Å². The molecular formula is C22H20ClNO5S2. The van der Waals surface area contributed by atoms with Gasteiger partial charge in [-0.1, -0.05) is 17.7 Å². The van der Waals surface area contributed by atoms with Crippen molar-refractivity contribution in [1.29, 1.82) is 0 Å². The van der Waals surface area contributed by atoms with Crippen molar-refractivity contribution in [3.8, 4) is 11.5 Å². The lowest BCUT2D eigenvalue weighted by Gasteiger charge is -2.24. The summed E-state index contributed by atoms with van der Waals surface area (Å²) in [6.45, 7) is 2.35. The third kappa shape index (κ3) is 4.03. The van der Waals surface area contributed by atoms with Crippen LogP contribution in [0.5, 0.6) is 11.5 Å². The summed E-state index contributed by atoms with van der Waals surface area (Å²) in [5.74, 6) is 0.661. The molecule has 2 aromatic carbocycles. The summed E-state index contributed by atoms with van der Waals surface area (Å²) in [4.78, 5) is 13.5. The summed E-state index contributed by atoms with van der Waals surface area (Å²) < 4.78 is 37.5. The van der Waals surface area contributed by atoms with E-state index in [1.54, 1.807) is 18.6 Å². The predicted molar refractivity (Wildman–Crippen MR) is 120 cm³/mol. The van der Waals surface area contributed by atoms with Gasteiger partial charge in [0.1, 0.15) is 4.90 Å². The second-order valence-corrected chi connectivity index (χ2v) is 10.2. The number of anilines is 1. The molecular weight excluding hydrogens is 458 g/mol. The molecule has 1 aliphatic heterocycles. The van der Waals surface area contributed by atoms with Crippen molar-refractivity contribution < 1.29 is 22.7 Å². The van der Waals surface area contributed by atoms with Crippen LogP contribution in [0.2, 0.25) is 5.02 Å². The van der Waals surface area contributed by atoms with Crippen molar-refractivity contribution in [3.63, 3.8) is 0 Å². The third-order valence-corrected chi connectivity index (χ3v) is 8.35. The first kappa shape index (κ1) is 21.7. The number of sulfone groups is 1. The minimum atomic E-state index is -3.82. The number of fused-ring (bicyclic) bond motifs is 1. The molecule has 0 saturated carbocycles. The standard InChI is InChI=1S/C22H20ClNO5S2/c1-3-29-18-10-13(4-9-17(18)28-2)16-11-20(25)24-21-19(12-30-22(16)21)31(26,27)15-7-5-14(23)6-8-15/h4-10,12,16H,3,11H2,1-2H3,(H,24,25)/t16-/m1/s1. The van der Waals surface area contributed by atoms with Crippen LogP contribution in [0.4, 0.5) is 5.69 Å². The Morgan fingerprint density at radius 3 is 2.58 bits per heavy atom. The Labute approximate surface area is 189 Å². The zero-order chi connectivity index (χ0) is 22.2. The molecule has 1 aromatic heterocycles. The van der Waals surface area contributed by atoms with Crippen LogP contribution >= 0.6 is 22.9 Å². The molecule has 31 heavy (non-hydrogen) atoms. The molecule has 0 bridgehead atoms.